The van der Waals surface area contributed by atoms with Crippen molar-refractivity contribution in [3.05, 3.63) is 60.8 Å². The Balaban J connectivity index is 1.33. The fourth-order valence-corrected chi connectivity index (χ4v) is 5.01. The summed E-state index contributed by atoms with van der Waals surface area (Å²) < 4.78 is 33.8. The molecule has 30 heavy (non-hydrogen) atoms. The normalized spacial score (nSPS) is 15.4. The van der Waals surface area contributed by atoms with Gasteiger partial charge in [0.15, 0.2) is 0 Å². The van der Waals surface area contributed by atoms with Gasteiger partial charge >= 0.3 is 0 Å². The lowest BCUT2D eigenvalue weighted by Crippen LogP contribution is -2.48. The minimum Gasteiger partial charge on any atom is -0.495 e. The first-order valence-electron chi connectivity index (χ1n) is 10.0. The third-order valence-corrected chi connectivity index (χ3v) is 6.90. The highest BCUT2D eigenvalue weighted by Gasteiger charge is 2.21. The highest BCUT2D eigenvalue weighted by Crippen LogP contribution is 2.28. The molecular formula is C22H26N4O3S. The van der Waals surface area contributed by atoms with Crippen LogP contribution in [0.2, 0.25) is 0 Å². The number of para-hydroxylation sites is 3. The van der Waals surface area contributed by atoms with Crippen molar-refractivity contribution in [2.24, 2.45) is 0 Å². The van der Waals surface area contributed by atoms with Gasteiger partial charge in [0.25, 0.3) is 0 Å². The number of fused-ring (bicyclic) bond motifs is 1. The Labute approximate surface area is 177 Å². The van der Waals surface area contributed by atoms with Crippen LogP contribution in [0.15, 0.2) is 65.7 Å². The predicted octanol–water partition coefficient (Wildman–Crippen LogP) is 2.34. The summed E-state index contributed by atoms with van der Waals surface area (Å²) in [5.74, 6) is 0.877. The highest BCUT2D eigenvalue weighted by atomic mass is 32.2. The van der Waals surface area contributed by atoms with E-state index in [0.29, 0.717) is 18.6 Å². The summed E-state index contributed by atoms with van der Waals surface area (Å²) in [4.78, 5) is 9.06. The van der Waals surface area contributed by atoms with Crippen molar-refractivity contribution in [3.63, 3.8) is 0 Å². The smallest absolute Gasteiger partial charge is 0.242 e. The van der Waals surface area contributed by atoms with E-state index in [-0.39, 0.29) is 4.90 Å². The largest absolute Gasteiger partial charge is 0.495 e. The summed E-state index contributed by atoms with van der Waals surface area (Å²) in [6, 6.07) is 16.9. The number of nitrogens with one attached hydrogen (secondary N) is 1. The molecule has 1 aromatic heterocycles. The van der Waals surface area contributed by atoms with E-state index in [2.05, 4.69) is 25.6 Å². The van der Waals surface area contributed by atoms with Crippen LogP contribution in [0.1, 0.15) is 0 Å². The van der Waals surface area contributed by atoms with Crippen molar-refractivity contribution in [1.29, 1.82) is 0 Å². The average molecular weight is 427 g/mol. The predicted molar refractivity (Wildman–Crippen MR) is 119 cm³/mol. The standard InChI is InChI=1S/C22H26N4O3S/c1-29-20-9-3-2-8-19(20)26-16-14-25(15-17-26)13-12-24-30(27,28)21-10-4-6-18-7-5-11-23-22(18)21/h2-11,24H,12-17H2,1H3. The number of aromatic nitrogens is 1. The van der Waals surface area contributed by atoms with Crippen LogP contribution in [0.4, 0.5) is 5.69 Å². The second kappa shape index (κ2) is 8.99. The maximum atomic E-state index is 12.8. The third-order valence-electron chi connectivity index (χ3n) is 5.40. The van der Waals surface area contributed by atoms with Crippen molar-refractivity contribution >= 4 is 26.6 Å². The fourth-order valence-electron chi connectivity index (χ4n) is 3.81. The summed E-state index contributed by atoms with van der Waals surface area (Å²) >= 11 is 0. The minimum atomic E-state index is -3.62. The summed E-state index contributed by atoms with van der Waals surface area (Å²) in [5, 5.41) is 0.813. The zero-order valence-corrected chi connectivity index (χ0v) is 17.8. The van der Waals surface area contributed by atoms with Crippen LogP contribution in [-0.4, -0.2) is 64.7 Å². The maximum Gasteiger partial charge on any atom is 0.242 e. The van der Waals surface area contributed by atoms with Gasteiger partial charge in [-0.2, -0.15) is 0 Å². The Hall–Kier alpha value is -2.68. The van der Waals surface area contributed by atoms with Crippen molar-refractivity contribution in [2.45, 2.75) is 4.90 Å². The van der Waals surface area contributed by atoms with Gasteiger partial charge in [0.2, 0.25) is 10.0 Å². The molecule has 2 aromatic carbocycles. The highest BCUT2D eigenvalue weighted by molar-refractivity contribution is 7.89. The Kier molecular flexibility index (Phi) is 6.17. The molecular weight excluding hydrogens is 400 g/mol. The third kappa shape index (κ3) is 4.40. The number of hydrogen-bond donors (Lipinski definition) is 1. The van der Waals surface area contributed by atoms with Crippen molar-refractivity contribution in [1.82, 2.24) is 14.6 Å². The van der Waals surface area contributed by atoms with E-state index in [0.717, 1.165) is 43.0 Å². The number of nitrogens with zero attached hydrogens (tertiary/aromatic N) is 3. The number of benzene rings is 2. The van der Waals surface area contributed by atoms with Crippen molar-refractivity contribution < 1.29 is 13.2 Å². The van der Waals surface area contributed by atoms with Gasteiger partial charge in [0.1, 0.15) is 10.6 Å². The molecule has 3 aromatic rings. The summed E-state index contributed by atoms with van der Waals surface area (Å²) in [6.45, 7) is 4.52. The van der Waals surface area contributed by atoms with Gasteiger partial charge in [0.05, 0.1) is 18.3 Å². The molecule has 158 valence electrons. The number of hydrogen-bond acceptors (Lipinski definition) is 6. The molecule has 0 aliphatic carbocycles. The average Bonchev–Trinajstić information content (AvgIpc) is 2.79. The first kappa shape index (κ1) is 20.6. The van der Waals surface area contributed by atoms with E-state index >= 15 is 0 Å². The number of pyridine rings is 1. The van der Waals surface area contributed by atoms with E-state index < -0.39 is 10.0 Å². The van der Waals surface area contributed by atoms with Crippen LogP contribution in [-0.2, 0) is 10.0 Å². The monoisotopic (exact) mass is 426 g/mol. The molecule has 1 saturated heterocycles. The SMILES string of the molecule is COc1ccccc1N1CCN(CCNS(=O)(=O)c2cccc3cccnc23)CC1. The van der Waals surface area contributed by atoms with Crippen LogP contribution in [0.25, 0.3) is 10.9 Å². The molecule has 0 saturated carbocycles. The molecule has 1 aliphatic heterocycles. The van der Waals surface area contributed by atoms with E-state index in [1.807, 2.05) is 30.3 Å². The molecule has 0 radical (unpaired) electrons. The number of anilines is 1. The summed E-state index contributed by atoms with van der Waals surface area (Å²) in [5.41, 5.74) is 1.60. The van der Waals surface area contributed by atoms with Crippen molar-refractivity contribution in [2.75, 3.05) is 51.3 Å². The van der Waals surface area contributed by atoms with Gasteiger partial charge in [-0.1, -0.05) is 30.3 Å². The molecule has 2 heterocycles. The van der Waals surface area contributed by atoms with Crippen LogP contribution >= 0.6 is 0 Å². The molecule has 0 bridgehead atoms. The van der Waals surface area contributed by atoms with E-state index in [1.54, 1.807) is 31.5 Å². The van der Waals surface area contributed by atoms with Crippen LogP contribution < -0.4 is 14.4 Å². The molecule has 4 rings (SSSR count). The van der Waals surface area contributed by atoms with Gasteiger partial charge in [-0.05, 0) is 24.3 Å². The van der Waals surface area contributed by atoms with E-state index in [9.17, 15) is 8.42 Å². The lowest BCUT2D eigenvalue weighted by molar-refractivity contribution is 0.261. The molecule has 1 aliphatic rings. The van der Waals surface area contributed by atoms with E-state index in [1.165, 1.54) is 0 Å². The second-order valence-corrected chi connectivity index (χ2v) is 8.96. The van der Waals surface area contributed by atoms with Gasteiger partial charge in [0, 0.05) is 50.9 Å². The molecule has 1 fully saturated rings. The Morgan fingerprint density at radius 3 is 2.57 bits per heavy atom. The van der Waals surface area contributed by atoms with E-state index in [4.69, 9.17) is 4.74 Å². The van der Waals surface area contributed by atoms with Crippen LogP contribution in [0.3, 0.4) is 0 Å². The molecule has 7 nitrogen and oxygen atoms in total. The molecule has 0 spiro atoms. The number of ether oxygens (including phenoxy) is 1. The molecule has 1 N–H and O–H groups in total. The number of methoxy groups -OCH3 is 1. The maximum absolute atomic E-state index is 12.8. The first-order chi connectivity index (χ1) is 14.6. The summed E-state index contributed by atoms with van der Waals surface area (Å²) in [7, 11) is -1.93. The van der Waals surface area contributed by atoms with Crippen molar-refractivity contribution in [3.8, 4) is 5.75 Å². The Bertz CT molecular complexity index is 1110. The molecule has 8 heteroatoms. The lowest BCUT2D eigenvalue weighted by Gasteiger charge is -2.36. The number of rotatable bonds is 7. The minimum absolute atomic E-state index is 0.224. The molecule has 0 amide bonds. The number of sulfonamides is 1. The van der Waals surface area contributed by atoms with Gasteiger partial charge in [-0.15, -0.1) is 0 Å². The van der Waals surface area contributed by atoms with Crippen LogP contribution in [0, 0.1) is 0 Å². The zero-order chi connectivity index (χ0) is 21.0. The van der Waals surface area contributed by atoms with Gasteiger partial charge in [-0.3, -0.25) is 9.88 Å². The first-order valence-corrected chi connectivity index (χ1v) is 11.5. The van der Waals surface area contributed by atoms with Crippen LogP contribution in [0.5, 0.6) is 5.75 Å². The number of piperazine rings is 1. The lowest BCUT2D eigenvalue weighted by atomic mass is 10.2. The zero-order valence-electron chi connectivity index (χ0n) is 17.0. The topological polar surface area (TPSA) is 74.8 Å². The second-order valence-electron chi connectivity index (χ2n) is 7.23. The molecule has 0 atom stereocenters. The van der Waals surface area contributed by atoms with Gasteiger partial charge < -0.3 is 9.64 Å². The summed E-state index contributed by atoms with van der Waals surface area (Å²) in [6.07, 6.45) is 1.61. The quantitative estimate of drug-likeness (QED) is 0.625. The Morgan fingerprint density at radius 2 is 1.77 bits per heavy atom. The fraction of sp³-hybridized carbons (Fsp3) is 0.318. The Morgan fingerprint density at radius 1 is 1.00 bits per heavy atom. The van der Waals surface area contributed by atoms with Gasteiger partial charge in [-0.25, -0.2) is 13.1 Å². The molecule has 0 unspecified atom stereocenters.